The smallest absolute Gasteiger partial charge is 0.118 e. The van der Waals surface area contributed by atoms with Crippen molar-refractivity contribution in [1.82, 2.24) is 10.6 Å². The summed E-state index contributed by atoms with van der Waals surface area (Å²) in [6.45, 7) is 3.92. The predicted octanol–water partition coefficient (Wildman–Crippen LogP) is 0.892. The van der Waals surface area contributed by atoms with Crippen molar-refractivity contribution >= 4 is 0 Å². The maximum atomic E-state index is 9.35. The molecule has 0 aromatic heterocycles. The molecule has 1 aliphatic heterocycles. The third-order valence-electron chi connectivity index (χ3n) is 2.38. The molecule has 0 bridgehead atoms. The maximum absolute atomic E-state index is 9.35. The first-order valence-corrected chi connectivity index (χ1v) is 4.53. The van der Waals surface area contributed by atoms with Crippen LogP contribution in [0.1, 0.15) is 17.3 Å². The Morgan fingerprint density at radius 3 is 2.62 bits per heavy atom. The maximum Gasteiger partial charge on any atom is 0.118 e. The molecular weight excluding hydrogens is 164 g/mol. The van der Waals surface area contributed by atoms with Gasteiger partial charge in [0.1, 0.15) is 5.75 Å². The Kier molecular flexibility index (Phi) is 2.20. The molecule has 0 spiro atoms. The molecule has 0 radical (unpaired) electrons. The summed E-state index contributed by atoms with van der Waals surface area (Å²) in [4.78, 5) is 0. The van der Waals surface area contributed by atoms with Crippen LogP contribution < -0.4 is 10.6 Å². The molecule has 1 aliphatic rings. The summed E-state index contributed by atoms with van der Waals surface area (Å²) in [7, 11) is 0. The van der Waals surface area contributed by atoms with E-state index in [-0.39, 0.29) is 6.17 Å². The number of hydrogen-bond donors (Lipinski definition) is 3. The Morgan fingerprint density at radius 2 is 2.00 bits per heavy atom. The number of rotatable bonds is 1. The first kappa shape index (κ1) is 8.53. The highest BCUT2D eigenvalue weighted by atomic mass is 16.3. The summed E-state index contributed by atoms with van der Waals surface area (Å²) in [5, 5.41) is 16.0. The van der Waals surface area contributed by atoms with Gasteiger partial charge in [-0.3, -0.25) is 10.6 Å². The Morgan fingerprint density at radius 1 is 1.31 bits per heavy atom. The van der Waals surface area contributed by atoms with E-state index in [1.54, 1.807) is 6.07 Å². The lowest BCUT2D eigenvalue weighted by molar-refractivity contribution is 0.470. The Hall–Kier alpha value is -1.06. The van der Waals surface area contributed by atoms with Crippen LogP contribution in [-0.4, -0.2) is 18.2 Å². The van der Waals surface area contributed by atoms with Crippen molar-refractivity contribution in [3.05, 3.63) is 29.3 Å². The van der Waals surface area contributed by atoms with Gasteiger partial charge in [0, 0.05) is 13.1 Å². The van der Waals surface area contributed by atoms with Gasteiger partial charge in [-0.05, 0) is 30.2 Å². The summed E-state index contributed by atoms with van der Waals surface area (Å²) >= 11 is 0. The van der Waals surface area contributed by atoms with E-state index in [2.05, 4.69) is 10.6 Å². The number of aryl methyl sites for hydroxylation is 1. The number of nitrogens with one attached hydrogen (secondary N) is 2. The van der Waals surface area contributed by atoms with Gasteiger partial charge in [0.05, 0.1) is 6.17 Å². The van der Waals surface area contributed by atoms with Crippen molar-refractivity contribution in [2.45, 2.75) is 13.1 Å². The first-order valence-electron chi connectivity index (χ1n) is 4.53. The fourth-order valence-corrected chi connectivity index (χ4v) is 1.60. The molecule has 3 N–H and O–H groups in total. The highest BCUT2D eigenvalue weighted by molar-refractivity contribution is 5.36. The normalized spacial score (nSPS) is 17.9. The van der Waals surface area contributed by atoms with Crippen molar-refractivity contribution in [1.29, 1.82) is 0 Å². The van der Waals surface area contributed by atoms with E-state index in [9.17, 15) is 5.11 Å². The molecule has 0 saturated carbocycles. The van der Waals surface area contributed by atoms with Crippen LogP contribution >= 0.6 is 0 Å². The molecule has 1 aromatic carbocycles. The van der Waals surface area contributed by atoms with Crippen molar-refractivity contribution in [2.75, 3.05) is 13.1 Å². The van der Waals surface area contributed by atoms with E-state index in [1.807, 2.05) is 19.1 Å². The summed E-state index contributed by atoms with van der Waals surface area (Å²) in [5.74, 6) is 0.363. The monoisotopic (exact) mass is 178 g/mol. The van der Waals surface area contributed by atoms with E-state index in [1.165, 1.54) is 5.56 Å². The van der Waals surface area contributed by atoms with Crippen LogP contribution in [0.25, 0.3) is 0 Å². The van der Waals surface area contributed by atoms with Gasteiger partial charge >= 0.3 is 0 Å². The molecule has 1 aromatic rings. The molecule has 0 atom stereocenters. The van der Waals surface area contributed by atoms with Crippen LogP contribution in [0.5, 0.6) is 5.75 Å². The van der Waals surface area contributed by atoms with Crippen molar-refractivity contribution in [3.63, 3.8) is 0 Å². The summed E-state index contributed by atoms with van der Waals surface area (Å²) in [6.07, 6.45) is 0.249. The SMILES string of the molecule is Cc1cc(C2NCCN2)ccc1O. The summed E-state index contributed by atoms with van der Waals surface area (Å²) < 4.78 is 0. The van der Waals surface area contributed by atoms with Gasteiger partial charge in [-0.2, -0.15) is 0 Å². The van der Waals surface area contributed by atoms with Crippen LogP contribution in [-0.2, 0) is 0 Å². The van der Waals surface area contributed by atoms with Crippen LogP contribution in [0, 0.1) is 6.92 Å². The van der Waals surface area contributed by atoms with Gasteiger partial charge in [0.2, 0.25) is 0 Å². The van der Waals surface area contributed by atoms with E-state index in [4.69, 9.17) is 0 Å². The number of aromatic hydroxyl groups is 1. The molecule has 1 fully saturated rings. The number of benzene rings is 1. The standard InChI is InChI=1S/C10H14N2O/c1-7-6-8(2-3-9(7)13)10-11-4-5-12-10/h2-3,6,10-13H,4-5H2,1H3. The molecule has 3 heteroatoms. The third kappa shape index (κ3) is 1.66. The van der Waals surface area contributed by atoms with Gasteiger partial charge in [-0.25, -0.2) is 0 Å². The molecule has 1 saturated heterocycles. The van der Waals surface area contributed by atoms with Gasteiger partial charge in [-0.1, -0.05) is 6.07 Å². The topological polar surface area (TPSA) is 44.3 Å². The fourth-order valence-electron chi connectivity index (χ4n) is 1.60. The summed E-state index contributed by atoms with van der Waals surface area (Å²) in [6, 6.07) is 5.69. The molecule has 13 heavy (non-hydrogen) atoms. The Balaban J connectivity index is 2.25. The highest BCUT2D eigenvalue weighted by Gasteiger charge is 2.15. The zero-order valence-corrected chi connectivity index (χ0v) is 7.67. The van der Waals surface area contributed by atoms with Crippen molar-refractivity contribution in [2.24, 2.45) is 0 Å². The Bertz CT molecular complexity index is 306. The molecule has 70 valence electrons. The lowest BCUT2D eigenvalue weighted by Gasteiger charge is -2.12. The number of hydrogen-bond acceptors (Lipinski definition) is 3. The lowest BCUT2D eigenvalue weighted by atomic mass is 10.1. The lowest BCUT2D eigenvalue weighted by Crippen LogP contribution is -2.21. The van der Waals surface area contributed by atoms with E-state index < -0.39 is 0 Å². The van der Waals surface area contributed by atoms with Crippen molar-refractivity contribution in [3.8, 4) is 5.75 Å². The average Bonchev–Trinajstić information content (AvgIpc) is 2.62. The second kappa shape index (κ2) is 3.36. The van der Waals surface area contributed by atoms with Crippen LogP contribution in [0.15, 0.2) is 18.2 Å². The van der Waals surface area contributed by atoms with E-state index in [0.717, 1.165) is 18.7 Å². The van der Waals surface area contributed by atoms with Gasteiger partial charge in [-0.15, -0.1) is 0 Å². The van der Waals surface area contributed by atoms with Gasteiger partial charge in [0.15, 0.2) is 0 Å². The first-order chi connectivity index (χ1) is 6.27. The fraction of sp³-hybridized carbons (Fsp3) is 0.400. The molecule has 3 nitrogen and oxygen atoms in total. The largest absolute Gasteiger partial charge is 0.508 e. The number of phenolic OH excluding ortho intramolecular Hbond substituents is 1. The third-order valence-corrected chi connectivity index (χ3v) is 2.38. The minimum absolute atomic E-state index is 0.249. The second-order valence-corrected chi connectivity index (χ2v) is 3.39. The average molecular weight is 178 g/mol. The van der Waals surface area contributed by atoms with Crippen LogP contribution in [0.2, 0.25) is 0 Å². The molecule has 0 amide bonds. The molecule has 0 aliphatic carbocycles. The quantitative estimate of drug-likeness (QED) is 0.598. The van der Waals surface area contributed by atoms with Crippen LogP contribution in [0.3, 0.4) is 0 Å². The van der Waals surface area contributed by atoms with Crippen LogP contribution in [0.4, 0.5) is 0 Å². The zero-order valence-electron chi connectivity index (χ0n) is 7.67. The highest BCUT2D eigenvalue weighted by Crippen LogP contribution is 2.21. The minimum Gasteiger partial charge on any atom is -0.508 e. The van der Waals surface area contributed by atoms with Gasteiger partial charge in [0.25, 0.3) is 0 Å². The van der Waals surface area contributed by atoms with E-state index >= 15 is 0 Å². The molecule has 1 heterocycles. The Labute approximate surface area is 77.8 Å². The number of phenols is 1. The zero-order chi connectivity index (χ0) is 9.26. The molecule has 0 unspecified atom stereocenters. The minimum atomic E-state index is 0.249. The van der Waals surface area contributed by atoms with Crippen molar-refractivity contribution < 1.29 is 5.11 Å². The van der Waals surface area contributed by atoms with E-state index in [0.29, 0.717) is 5.75 Å². The predicted molar refractivity (Wildman–Crippen MR) is 51.6 cm³/mol. The molecule has 2 rings (SSSR count). The summed E-state index contributed by atoms with van der Waals surface area (Å²) in [5.41, 5.74) is 2.11. The second-order valence-electron chi connectivity index (χ2n) is 3.39. The van der Waals surface area contributed by atoms with Gasteiger partial charge < -0.3 is 5.11 Å². The molecular formula is C10H14N2O.